The van der Waals surface area contributed by atoms with E-state index in [0.29, 0.717) is 6.41 Å². The van der Waals surface area contributed by atoms with Crippen LogP contribution < -0.4 is 5.32 Å². The summed E-state index contributed by atoms with van der Waals surface area (Å²) in [6.45, 7) is 2.11. The summed E-state index contributed by atoms with van der Waals surface area (Å²) < 4.78 is 2.19. The lowest BCUT2D eigenvalue weighted by Crippen LogP contribution is -1.92. The van der Waals surface area contributed by atoms with Crippen molar-refractivity contribution < 1.29 is 4.79 Å². The van der Waals surface area contributed by atoms with Crippen molar-refractivity contribution in [3.63, 3.8) is 0 Å². The molecule has 0 unspecified atom stereocenters. The van der Waals surface area contributed by atoms with Crippen molar-refractivity contribution in [3.05, 3.63) is 18.2 Å². The Balaban J connectivity index is 2.38. The molecule has 0 spiro atoms. The average Bonchev–Trinajstić information content (AvgIpc) is 2.60. The van der Waals surface area contributed by atoms with Crippen LogP contribution in [0.4, 0.5) is 5.69 Å². The highest BCUT2D eigenvalue weighted by Gasteiger charge is 2.03. The fourth-order valence-electron chi connectivity index (χ4n) is 1.25. The van der Waals surface area contributed by atoms with Crippen molar-refractivity contribution >= 4 is 45.4 Å². The van der Waals surface area contributed by atoms with Gasteiger partial charge in [-0.05, 0) is 24.0 Å². The minimum absolute atomic E-state index is 0.684. The van der Waals surface area contributed by atoms with E-state index in [0.717, 1.165) is 26.0 Å². The molecule has 1 amide bonds. The van der Waals surface area contributed by atoms with E-state index in [9.17, 15) is 4.79 Å². The normalized spacial score (nSPS) is 10.5. The molecular weight excluding hydrogens is 228 g/mol. The van der Waals surface area contributed by atoms with E-state index in [1.807, 2.05) is 18.2 Å². The lowest BCUT2D eigenvalue weighted by molar-refractivity contribution is -0.105. The number of amides is 1. The molecule has 0 aliphatic carbocycles. The van der Waals surface area contributed by atoms with Gasteiger partial charge in [0.2, 0.25) is 6.41 Å². The van der Waals surface area contributed by atoms with E-state index in [1.54, 1.807) is 23.1 Å². The molecule has 0 aliphatic heterocycles. The number of aromatic nitrogens is 1. The minimum atomic E-state index is 0.684. The summed E-state index contributed by atoms with van der Waals surface area (Å²) in [4.78, 5) is 14.8. The minimum Gasteiger partial charge on any atom is -0.329 e. The maximum absolute atomic E-state index is 10.3. The van der Waals surface area contributed by atoms with Crippen LogP contribution in [0.1, 0.15) is 6.92 Å². The molecule has 0 saturated heterocycles. The van der Waals surface area contributed by atoms with Crippen LogP contribution >= 0.6 is 23.1 Å². The molecule has 0 radical (unpaired) electrons. The lowest BCUT2D eigenvalue weighted by Gasteiger charge is -1.95. The van der Waals surface area contributed by atoms with Gasteiger partial charge in [-0.25, -0.2) is 4.98 Å². The standard InChI is InChI=1S/C10H10N2OS2/c1-2-14-10-12-8-4-3-7(11-6-13)5-9(8)15-10/h3-6H,2H2,1H3,(H,11,13). The first-order valence-electron chi connectivity index (χ1n) is 4.57. The Hall–Kier alpha value is -1.07. The number of rotatable bonds is 4. The highest BCUT2D eigenvalue weighted by Crippen LogP contribution is 2.30. The zero-order chi connectivity index (χ0) is 10.7. The molecule has 3 nitrogen and oxygen atoms in total. The highest BCUT2D eigenvalue weighted by atomic mass is 32.2. The molecule has 15 heavy (non-hydrogen) atoms. The van der Waals surface area contributed by atoms with Gasteiger partial charge in [0.05, 0.1) is 10.2 Å². The second-order valence-corrected chi connectivity index (χ2v) is 5.40. The molecule has 78 valence electrons. The van der Waals surface area contributed by atoms with Gasteiger partial charge in [-0.3, -0.25) is 4.79 Å². The number of anilines is 1. The Bertz CT molecular complexity index is 481. The van der Waals surface area contributed by atoms with E-state index >= 15 is 0 Å². The molecule has 0 aliphatic rings. The number of carbonyl (C=O) groups is 1. The quantitative estimate of drug-likeness (QED) is 0.657. The van der Waals surface area contributed by atoms with Gasteiger partial charge in [0, 0.05) is 5.69 Å². The van der Waals surface area contributed by atoms with Crippen molar-refractivity contribution in [2.24, 2.45) is 0 Å². The Morgan fingerprint density at radius 2 is 2.47 bits per heavy atom. The van der Waals surface area contributed by atoms with E-state index in [2.05, 4.69) is 17.2 Å². The Labute approximate surface area is 95.9 Å². The number of carbonyl (C=O) groups excluding carboxylic acids is 1. The van der Waals surface area contributed by atoms with Crippen molar-refractivity contribution in [1.29, 1.82) is 0 Å². The van der Waals surface area contributed by atoms with Crippen LogP contribution in [0.15, 0.2) is 22.5 Å². The SMILES string of the molecule is CCSc1nc2ccc(NC=O)cc2s1. The predicted octanol–water partition coefficient (Wildman–Crippen LogP) is 2.98. The molecule has 2 rings (SSSR count). The zero-order valence-corrected chi connectivity index (χ0v) is 9.82. The number of nitrogens with zero attached hydrogens (tertiary/aromatic N) is 1. The summed E-state index contributed by atoms with van der Waals surface area (Å²) in [5.41, 5.74) is 1.81. The van der Waals surface area contributed by atoms with Gasteiger partial charge in [-0.15, -0.1) is 11.3 Å². The monoisotopic (exact) mass is 238 g/mol. The number of thioether (sulfide) groups is 1. The van der Waals surface area contributed by atoms with Gasteiger partial charge in [0.1, 0.15) is 0 Å². The van der Waals surface area contributed by atoms with Crippen molar-refractivity contribution in [2.45, 2.75) is 11.3 Å². The van der Waals surface area contributed by atoms with Gasteiger partial charge >= 0.3 is 0 Å². The summed E-state index contributed by atoms with van der Waals surface area (Å²) >= 11 is 3.40. The molecule has 0 bridgehead atoms. The van der Waals surface area contributed by atoms with E-state index in [1.165, 1.54) is 0 Å². The van der Waals surface area contributed by atoms with Gasteiger partial charge in [-0.2, -0.15) is 0 Å². The molecular formula is C10H10N2OS2. The van der Waals surface area contributed by atoms with Crippen LogP contribution in [0.3, 0.4) is 0 Å². The lowest BCUT2D eigenvalue weighted by atomic mass is 10.3. The largest absolute Gasteiger partial charge is 0.329 e. The molecule has 0 fully saturated rings. The second kappa shape index (κ2) is 4.63. The third kappa shape index (κ3) is 2.30. The number of fused-ring (bicyclic) bond motifs is 1. The third-order valence-electron chi connectivity index (χ3n) is 1.86. The molecule has 1 aromatic carbocycles. The number of hydrogen-bond acceptors (Lipinski definition) is 4. The summed E-state index contributed by atoms with van der Waals surface area (Å²) in [7, 11) is 0. The molecule has 0 saturated carbocycles. The smallest absolute Gasteiger partial charge is 0.211 e. The maximum atomic E-state index is 10.3. The topological polar surface area (TPSA) is 42.0 Å². The first kappa shape index (κ1) is 10.4. The van der Waals surface area contributed by atoms with Gasteiger partial charge in [0.15, 0.2) is 4.34 Å². The second-order valence-electron chi connectivity index (χ2n) is 2.86. The first-order chi connectivity index (χ1) is 7.33. The molecule has 0 atom stereocenters. The van der Waals surface area contributed by atoms with Crippen molar-refractivity contribution in [3.8, 4) is 0 Å². The number of benzene rings is 1. The van der Waals surface area contributed by atoms with Gasteiger partial charge < -0.3 is 5.32 Å². The Morgan fingerprint density at radius 3 is 3.20 bits per heavy atom. The van der Waals surface area contributed by atoms with Crippen LogP contribution in [0.25, 0.3) is 10.2 Å². The predicted molar refractivity (Wildman–Crippen MR) is 65.7 cm³/mol. The molecule has 1 aromatic heterocycles. The Kier molecular flexibility index (Phi) is 3.23. The number of thiazole rings is 1. The summed E-state index contributed by atoms with van der Waals surface area (Å²) in [5.74, 6) is 1.03. The van der Waals surface area contributed by atoms with Crippen LogP contribution in [-0.4, -0.2) is 17.1 Å². The number of nitrogens with one attached hydrogen (secondary N) is 1. The van der Waals surface area contributed by atoms with Crippen LogP contribution in [-0.2, 0) is 4.79 Å². The molecule has 1 heterocycles. The highest BCUT2D eigenvalue weighted by molar-refractivity contribution is 8.01. The van der Waals surface area contributed by atoms with Crippen LogP contribution in [0.5, 0.6) is 0 Å². The Morgan fingerprint density at radius 1 is 1.60 bits per heavy atom. The van der Waals surface area contributed by atoms with Gasteiger partial charge in [0.25, 0.3) is 0 Å². The van der Waals surface area contributed by atoms with Gasteiger partial charge in [-0.1, -0.05) is 18.7 Å². The van der Waals surface area contributed by atoms with Crippen molar-refractivity contribution in [2.75, 3.05) is 11.1 Å². The van der Waals surface area contributed by atoms with E-state index in [-0.39, 0.29) is 0 Å². The maximum Gasteiger partial charge on any atom is 0.211 e. The first-order valence-corrected chi connectivity index (χ1v) is 6.37. The molecule has 2 aromatic rings. The van der Waals surface area contributed by atoms with Crippen LogP contribution in [0, 0.1) is 0 Å². The van der Waals surface area contributed by atoms with Crippen molar-refractivity contribution in [1.82, 2.24) is 4.98 Å². The molecule has 1 N–H and O–H groups in total. The fraction of sp³-hybridized carbons (Fsp3) is 0.200. The fourth-order valence-corrected chi connectivity index (χ4v) is 3.25. The van der Waals surface area contributed by atoms with E-state index in [4.69, 9.17) is 0 Å². The third-order valence-corrected chi connectivity index (χ3v) is 3.91. The molecule has 5 heteroatoms. The van der Waals surface area contributed by atoms with Crippen LogP contribution in [0.2, 0.25) is 0 Å². The number of hydrogen-bond donors (Lipinski definition) is 1. The summed E-state index contributed by atoms with van der Waals surface area (Å²) in [5, 5.41) is 2.63. The van der Waals surface area contributed by atoms with E-state index < -0.39 is 0 Å². The summed E-state index contributed by atoms with van der Waals surface area (Å²) in [6, 6.07) is 5.73. The summed E-state index contributed by atoms with van der Waals surface area (Å²) in [6.07, 6.45) is 0.684. The average molecular weight is 238 g/mol. The zero-order valence-electron chi connectivity index (χ0n) is 8.19.